The van der Waals surface area contributed by atoms with Crippen LogP contribution in [0.5, 0.6) is 11.5 Å². The maximum Gasteiger partial charge on any atom is 0.348 e. The van der Waals surface area contributed by atoms with Gasteiger partial charge in [-0.1, -0.05) is 20.3 Å². The van der Waals surface area contributed by atoms with Gasteiger partial charge in [0, 0.05) is 9.40 Å². The summed E-state index contributed by atoms with van der Waals surface area (Å²) in [5.41, 5.74) is -0.481. The second-order valence-corrected chi connectivity index (χ2v) is 12.7. The molecule has 0 amide bonds. The molecule has 0 fully saturated rings. The Morgan fingerprint density at radius 2 is 1.22 bits per heavy atom. The predicted molar refractivity (Wildman–Crippen MR) is 160 cm³/mol. The second kappa shape index (κ2) is 13.6. The molecule has 0 radical (unpaired) electrons. The van der Waals surface area contributed by atoms with Gasteiger partial charge in [-0.05, 0) is 99.8 Å². The third kappa shape index (κ3) is 8.70. The maximum atomic E-state index is 12.0. The monoisotopic (exact) mass is 672 g/mol. The number of rotatable bonds is 4. The number of carboxylic acid groups (broad SMARTS) is 1. The van der Waals surface area contributed by atoms with Gasteiger partial charge in [0.1, 0.15) is 26.9 Å². The zero-order chi connectivity index (χ0) is 27.9. The van der Waals surface area contributed by atoms with Crippen molar-refractivity contribution in [2.24, 2.45) is 0 Å². The molecule has 200 valence electrons. The van der Waals surface area contributed by atoms with E-state index in [1.807, 2.05) is 51.1 Å². The van der Waals surface area contributed by atoms with Crippen molar-refractivity contribution >= 4 is 86.6 Å². The van der Waals surface area contributed by atoms with E-state index in [0.717, 1.165) is 34.9 Å². The summed E-state index contributed by atoms with van der Waals surface area (Å²) in [5, 5.41) is 10.8. The van der Waals surface area contributed by atoms with Crippen molar-refractivity contribution in [1.82, 2.24) is 0 Å². The number of esters is 1. The molecule has 0 spiro atoms. The van der Waals surface area contributed by atoms with E-state index in [1.165, 1.54) is 29.1 Å². The Morgan fingerprint density at radius 1 is 0.811 bits per heavy atom. The highest BCUT2D eigenvalue weighted by Crippen LogP contribution is 2.36. The minimum atomic E-state index is -0.897. The fourth-order valence-corrected chi connectivity index (χ4v) is 5.84. The van der Waals surface area contributed by atoms with Gasteiger partial charge in [-0.25, -0.2) is 9.59 Å². The SMILES string of the molecule is CCC.COc1cc2sc(C(=O)O)cc2cc1Br.COc1cc2sc(C(=O)OC(C)(C)C)cc2cc1Br. The van der Waals surface area contributed by atoms with Crippen molar-refractivity contribution in [2.45, 2.75) is 46.6 Å². The predicted octanol–water partition coefficient (Wildman–Crippen LogP) is 9.41. The van der Waals surface area contributed by atoms with Crippen molar-refractivity contribution in [3.63, 3.8) is 0 Å². The van der Waals surface area contributed by atoms with E-state index in [0.29, 0.717) is 15.5 Å². The first kappa shape index (κ1) is 31.1. The first-order valence-corrected chi connectivity index (χ1v) is 14.6. The second-order valence-electron chi connectivity index (χ2n) is 8.78. The summed E-state index contributed by atoms with van der Waals surface area (Å²) in [6.07, 6.45) is 1.25. The molecule has 0 atom stereocenters. The van der Waals surface area contributed by atoms with Crippen LogP contribution in [-0.2, 0) is 4.74 Å². The molecule has 4 rings (SSSR count). The van der Waals surface area contributed by atoms with Crippen molar-refractivity contribution in [3.05, 3.63) is 55.1 Å². The molecule has 0 aliphatic rings. The van der Waals surface area contributed by atoms with E-state index in [9.17, 15) is 9.59 Å². The zero-order valence-electron chi connectivity index (χ0n) is 21.7. The van der Waals surface area contributed by atoms with Crippen LogP contribution in [0, 0.1) is 0 Å². The lowest BCUT2D eigenvalue weighted by Gasteiger charge is -2.18. The summed E-state index contributed by atoms with van der Waals surface area (Å²) in [6, 6.07) is 11.1. The quantitative estimate of drug-likeness (QED) is 0.217. The Labute approximate surface area is 241 Å². The topological polar surface area (TPSA) is 82.1 Å². The molecule has 2 aromatic carbocycles. The Morgan fingerprint density at radius 3 is 1.59 bits per heavy atom. The molecule has 2 heterocycles. The van der Waals surface area contributed by atoms with E-state index >= 15 is 0 Å². The number of hydrogen-bond donors (Lipinski definition) is 1. The van der Waals surface area contributed by atoms with Gasteiger partial charge in [-0.3, -0.25) is 0 Å². The van der Waals surface area contributed by atoms with Gasteiger partial charge in [-0.2, -0.15) is 0 Å². The number of carboxylic acids is 1. The molecule has 2 aromatic heterocycles. The van der Waals surface area contributed by atoms with Gasteiger partial charge < -0.3 is 19.3 Å². The van der Waals surface area contributed by atoms with Gasteiger partial charge in [0.15, 0.2) is 0 Å². The molecule has 6 nitrogen and oxygen atoms in total. The molecule has 0 aliphatic carbocycles. The molecular formula is C27H30Br2O6S2. The van der Waals surface area contributed by atoms with Crippen molar-refractivity contribution in [1.29, 1.82) is 0 Å². The maximum absolute atomic E-state index is 12.0. The zero-order valence-corrected chi connectivity index (χ0v) is 26.5. The number of thiophene rings is 2. The Balaban J connectivity index is 0.000000240. The van der Waals surface area contributed by atoms with Crippen LogP contribution in [0.1, 0.15) is 60.4 Å². The number of benzene rings is 2. The standard InChI is InChI=1S/C14H15BrO3S.C10H7BrO3S.C3H8/c1-14(2,3)18-13(16)12-6-8-5-9(15)10(17-4)7-11(8)19-12;1-14-7-4-8-5(2-6(7)11)3-9(15-8)10(12)13;1-3-2/h5-7H,1-4H3;2-4H,1H3,(H,12,13);3H2,1-2H3. The fraction of sp³-hybridized carbons (Fsp3) is 0.333. The Hall–Kier alpha value is -2.14. The van der Waals surface area contributed by atoms with Crippen molar-refractivity contribution in [2.75, 3.05) is 14.2 Å². The lowest BCUT2D eigenvalue weighted by molar-refractivity contribution is 0.00751. The lowest BCUT2D eigenvalue weighted by Crippen LogP contribution is -2.23. The molecular weight excluding hydrogens is 644 g/mol. The van der Waals surface area contributed by atoms with Gasteiger partial charge in [0.25, 0.3) is 0 Å². The molecule has 0 saturated heterocycles. The van der Waals surface area contributed by atoms with E-state index in [-0.39, 0.29) is 5.97 Å². The van der Waals surface area contributed by atoms with E-state index in [2.05, 4.69) is 45.7 Å². The average molecular weight is 674 g/mol. The molecule has 0 aliphatic heterocycles. The summed E-state index contributed by atoms with van der Waals surface area (Å²) < 4.78 is 19.4. The minimum Gasteiger partial charge on any atom is -0.496 e. The van der Waals surface area contributed by atoms with Crippen LogP contribution in [0.3, 0.4) is 0 Å². The summed E-state index contributed by atoms with van der Waals surface area (Å²) in [6.45, 7) is 9.83. The van der Waals surface area contributed by atoms with Gasteiger partial charge in [-0.15, -0.1) is 22.7 Å². The van der Waals surface area contributed by atoms with Gasteiger partial charge in [0.05, 0.1) is 23.2 Å². The van der Waals surface area contributed by atoms with Gasteiger partial charge in [0.2, 0.25) is 0 Å². The molecule has 0 unspecified atom stereocenters. The van der Waals surface area contributed by atoms with Crippen LogP contribution in [0.4, 0.5) is 0 Å². The average Bonchev–Trinajstić information content (AvgIpc) is 3.41. The third-order valence-corrected chi connectivity index (χ3v) is 7.80. The molecule has 0 bridgehead atoms. The van der Waals surface area contributed by atoms with Crippen LogP contribution < -0.4 is 9.47 Å². The summed E-state index contributed by atoms with van der Waals surface area (Å²) in [7, 11) is 3.20. The highest BCUT2D eigenvalue weighted by atomic mass is 79.9. The number of aromatic carboxylic acids is 1. The van der Waals surface area contributed by atoms with E-state index in [4.69, 9.17) is 19.3 Å². The van der Waals surface area contributed by atoms with Crippen molar-refractivity contribution < 1.29 is 28.9 Å². The number of carbonyl (C=O) groups excluding carboxylic acids is 1. The van der Waals surface area contributed by atoms with Crippen LogP contribution >= 0.6 is 54.5 Å². The first-order valence-electron chi connectivity index (χ1n) is 11.3. The normalized spacial score (nSPS) is 10.7. The van der Waals surface area contributed by atoms with Gasteiger partial charge >= 0.3 is 11.9 Å². The number of methoxy groups -OCH3 is 2. The largest absolute Gasteiger partial charge is 0.496 e. The number of ether oxygens (including phenoxy) is 3. The highest BCUT2D eigenvalue weighted by Gasteiger charge is 2.20. The van der Waals surface area contributed by atoms with Crippen LogP contribution in [0.2, 0.25) is 0 Å². The fourth-order valence-electron chi connectivity index (χ4n) is 2.93. The Kier molecular flexibility index (Phi) is 11.4. The highest BCUT2D eigenvalue weighted by molar-refractivity contribution is 9.11. The number of fused-ring (bicyclic) bond motifs is 2. The molecule has 1 N–H and O–H groups in total. The number of hydrogen-bond acceptors (Lipinski definition) is 7. The van der Waals surface area contributed by atoms with Crippen LogP contribution in [0.15, 0.2) is 45.3 Å². The molecule has 10 heteroatoms. The lowest BCUT2D eigenvalue weighted by atomic mass is 10.2. The summed E-state index contributed by atoms with van der Waals surface area (Å²) in [5.74, 6) is 0.279. The summed E-state index contributed by atoms with van der Waals surface area (Å²) >= 11 is 9.44. The van der Waals surface area contributed by atoms with E-state index < -0.39 is 11.6 Å². The third-order valence-electron chi connectivity index (χ3n) is 4.39. The smallest absolute Gasteiger partial charge is 0.348 e. The molecule has 4 aromatic rings. The van der Waals surface area contributed by atoms with Crippen LogP contribution in [0.25, 0.3) is 20.2 Å². The van der Waals surface area contributed by atoms with Crippen molar-refractivity contribution in [3.8, 4) is 11.5 Å². The number of halogens is 2. The minimum absolute atomic E-state index is 0.288. The first-order chi connectivity index (χ1) is 17.3. The van der Waals surface area contributed by atoms with Crippen LogP contribution in [-0.4, -0.2) is 36.9 Å². The van der Waals surface area contributed by atoms with E-state index in [1.54, 1.807) is 20.3 Å². The molecule has 0 saturated carbocycles. The Bertz CT molecular complexity index is 1390. The molecule has 37 heavy (non-hydrogen) atoms. The summed E-state index contributed by atoms with van der Waals surface area (Å²) in [4.78, 5) is 23.7. The number of carbonyl (C=O) groups is 2.